The van der Waals surface area contributed by atoms with Gasteiger partial charge in [0, 0.05) is 19.0 Å². The van der Waals surface area contributed by atoms with Crippen LogP contribution in [0.5, 0.6) is 0 Å². The second-order valence-electron chi connectivity index (χ2n) is 8.34. The van der Waals surface area contributed by atoms with E-state index in [1.807, 2.05) is 48.5 Å². The molecule has 0 spiro atoms. The number of amides is 2. The molecule has 2 aliphatic rings. The first-order valence-electron chi connectivity index (χ1n) is 10.9. The predicted octanol–water partition coefficient (Wildman–Crippen LogP) is 3.02. The normalized spacial score (nSPS) is 18.7. The van der Waals surface area contributed by atoms with Crippen LogP contribution in [0, 0.1) is 5.92 Å². The molecule has 2 atom stereocenters. The Hall–Kier alpha value is -3.60. The zero-order valence-electron chi connectivity index (χ0n) is 18.5. The van der Waals surface area contributed by atoms with Gasteiger partial charge >= 0.3 is 18.2 Å². The molecule has 1 aliphatic heterocycles. The monoisotopic (exact) mass is 492 g/mol. The van der Waals surface area contributed by atoms with Crippen LogP contribution in [0.1, 0.15) is 17.0 Å². The van der Waals surface area contributed by atoms with Crippen molar-refractivity contribution in [3.05, 3.63) is 59.7 Å². The van der Waals surface area contributed by atoms with Crippen LogP contribution in [-0.2, 0) is 19.1 Å². The summed E-state index contributed by atoms with van der Waals surface area (Å²) in [6, 6.07) is 12.1. The fourth-order valence-electron chi connectivity index (χ4n) is 4.38. The number of hydrogen-bond donors (Lipinski definition) is 2. The Morgan fingerprint density at radius 2 is 1.69 bits per heavy atom. The second kappa shape index (κ2) is 9.95. The Bertz CT molecular complexity index is 1080. The van der Waals surface area contributed by atoms with E-state index >= 15 is 0 Å². The van der Waals surface area contributed by atoms with Crippen molar-refractivity contribution in [1.82, 2.24) is 10.2 Å². The van der Waals surface area contributed by atoms with Crippen LogP contribution in [0.3, 0.4) is 0 Å². The molecule has 4 rings (SSSR count). The third kappa shape index (κ3) is 5.24. The first-order chi connectivity index (χ1) is 16.7. The maximum Gasteiger partial charge on any atom is 0.417 e. The van der Waals surface area contributed by atoms with Crippen molar-refractivity contribution < 1.29 is 42.1 Å². The molecular formula is C24H23F3N2O6. The van der Waals surface area contributed by atoms with E-state index in [0.29, 0.717) is 0 Å². The highest BCUT2D eigenvalue weighted by Crippen LogP contribution is 2.44. The highest BCUT2D eigenvalue weighted by atomic mass is 19.4. The minimum Gasteiger partial charge on any atom is -0.481 e. The maximum absolute atomic E-state index is 13.7. The van der Waals surface area contributed by atoms with Gasteiger partial charge in [-0.15, -0.1) is 0 Å². The van der Waals surface area contributed by atoms with Crippen LogP contribution in [-0.4, -0.2) is 73.1 Å². The number of fused-ring (bicyclic) bond motifs is 3. The first kappa shape index (κ1) is 24.5. The molecule has 2 unspecified atom stereocenters. The maximum atomic E-state index is 13.7. The molecule has 0 aromatic heterocycles. The highest BCUT2D eigenvalue weighted by Gasteiger charge is 2.49. The number of carbonyl (C=O) groups is 3. The van der Waals surface area contributed by atoms with Crippen molar-refractivity contribution in [2.45, 2.75) is 18.1 Å². The minimum absolute atomic E-state index is 0.120. The Kier molecular flexibility index (Phi) is 6.97. The third-order valence-electron chi connectivity index (χ3n) is 6.11. The number of alkyl halides is 3. The molecule has 1 heterocycles. The fourth-order valence-corrected chi connectivity index (χ4v) is 4.38. The molecule has 0 saturated carbocycles. The smallest absolute Gasteiger partial charge is 0.417 e. The van der Waals surface area contributed by atoms with E-state index in [1.165, 1.54) is 0 Å². The van der Waals surface area contributed by atoms with Crippen molar-refractivity contribution >= 4 is 18.0 Å². The summed E-state index contributed by atoms with van der Waals surface area (Å²) in [5.74, 6) is -4.31. The van der Waals surface area contributed by atoms with E-state index in [-0.39, 0.29) is 32.3 Å². The second-order valence-corrected chi connectivity index (χ2v) is 8.34. The number of halogens is 3. The molecule has 0 radical (unpaired) electrons. The van der Waals surface area contributed by atoms with Crippen molar-refractivity contribution in [2.24, 2.45) is 5.92 Å². The Morgan fingerprint density at radius 3 is 2.26 bits per heavy atom. The van der Waals surface area contributed by atoms with Crippen LogP contribution in [0.4, 0.5) is 18.0 Å². The lowest BCUT2D eigenvalue weighted by Gasteiger charge is -2.28. The molecule has 11 heteroatoms. The molecule has 2 N–H and O–H groups in total. The number of carbonyl (C=O) groups excluding carboxylic acids is 2. The summed E-state index contributed by atoms with van der Waals surface area (Å²) in [7, 11) is 0. The number of hydrogen-bond acceptors (Lipinski definition) is 5. The van der Waals surface area contributed by atoms with Crippen LogP contribution in [0.15, 0.2) is 48.5 Å². The summed E-state index contributed by atoms with van der Waals surface area (Å²) < 4.78 is 51.4. The molecule has 2 aromatic carbocycles. The predicted molar refractivity (Wildman–Crippen MR) is 117 cm³/mol. The number of carboxylic acids is 1. The number of aliphatic carboxylic acids is 1. The van der Waals surface area contributed by atoms with Gasteiger partial charge in [-0.2, -0.15) is 13.2 Å². The van der Waals surface area contributed by atoms with Gasteiger partial charge < -0.3 is 24.8 Å². The molecule has 186 valence electrons. The van der Waals surface area contributed by atoms with Gasteiger partial charge in [-0.1, -0.05) is 48.5 Å². The van der Waals surface area contributed by atoms with E-state index in [2.05, 4.69) is 0 Å². The Morgan fingerprint density at radius 1 is 1.09 bits per heavy atom. The van der Waals surface area contributed by atoms with Crippen molar-refractivity contribution in [2.75, 3.05) is 32.9 Å². The van der Waals surface area contributed by atoms with Crippen molar-refractivity contribution in [1.29, 1.82) is 0 Å². The Balaban J connectivity index is 1.45. The third-order valence-corrected chi connectivity index (χ3v) is 6.11. The highest BCUT2D eigenvalue weighted by molar-refractivity contribution is 5.87. The number of rotatable bonds is 5. The number of nitrogens with one attached hydrogen (secondary N) is 1. The van der Waals surface area contributed by atoms with Crippen LogP contribution in [0.2, 0.25) is 0 Å². The van der Waals surface area contributed by atoms with E-state index in [9.17, 15) is 32.7 Å². The zero-order chi connectivity index (χ0) is 25.2. The Labute approximate surface area is 198 Å². The lowest BCUT2D eigenvalue weighted by atomic mass is 9.98. The van der Waals surface area contributed by atoms with Gasteiger partial charge in [0.2, 0.25) is 6.04 Å². The van der Waals surface area contributed by atoms with E-state index in [0.717, 1.165) is 27.2 Å². The van der Waals surface area contributed by atoms with Gasteiger partial charge in [-0.3, -0.25) is 9.59 Å². The van der Waals surface area contributed by atoms with Gasteiger partial charge in [-0.25, -0.2) is 4.79 Å². The average molecular weight is 492 g/mol. The van der Waals surface area contributed by atoms with E-state index < -0.39 is 42.7 Å². The summed E-state index contributed by atoms with van der Waals surface area (Å²) in [5.41, 5.74) is 3.68. The number of carboxylic acid groups (broad SMARTS) is 1. The molecule has 0 bridgehead atoms. The molecule has 1 saturated heterocycles. The van der Waals surface area contributed by atoms with Gasteiger partial charge in [0.1, 0.15) is 6.61 Å². The minimum atomic E-state index is -5.12. The lowest BCUT2D eigenvalue weighted by Crippen LogP contribution is -2.57. The van der Waals surface area contributed by atoms with Gasteiger partial charge in [0.05, 0.1) is 19.1 Å². The zero-order valence-corrected chi connectivity index (χ0v) is 18.5. The van der Waals surface area contributed by atoms with Crippen LogP contribution in [0.25, 0.3) is 11.1 Å². The molecule has 35 heavy (non-hydrogen) atoms. The number of ether oxygens (including phenoxy) is 2. The molecular weight excluding hydrogens is 469 g/mol. The summed E-state index contributed by atoms with van der Waals surface area (Å²) >= 11 is 0. The van der Waals surface area contributed by atoms with Crippen molar-refractivity contribution in [3.8, 4) is 11.1 Å². The first-order valence-corrected chi connectivity index (χ1v) is 10.9. The fraction of sp³-hybridized carbons (Fsp3) is 0.375. The standard InChI is InChI=1S/C24H23F3N2O6/c25-24(26,27)20(21(30)29-9-10-34-12-14(11-29)22(31)32)28-23(33)35-13-19-17-7-3-1-5-15(17)16-6-2-4-8-18(16)19/h1-8,14,19-20H,9-13H2,(H,28,33)(H,31,32). The topological polar surface area (TPSA) is 105 Å². The summed E-state index contributed by atoms with van der Waals surface area (Å²) in [6.45, 7) is -1.27. The molecule has 2 aromatic rings. The number of nitrogens with zero attached hydrogens (tertiary/aromatic N) is 1. The van der Waals surface area contributed by atoms with Gasteiger partial charge in [0.25, 0.3) is 5.91 Å². The summed E-state index contributed by atoms with van der Waals surface area (Å²) in [5, 5.41) is 10.8. The van der Waals surface area contributed by atoms with E-state index in [4.69, 9.17) is 9.47 Å². The average Bonchev–Trinajstić information content (AvgIpc) is 2.96. The van der Waals surface area contributed by atoms with Gasteiger partial charge in [0.15, 0.2) is 0 Å². The quantitative estimate of drug-likeness (QED) is 0.665. The SMILES string of the molecule is O=C(NC(C(=O)N1CCOCC(C(=O)O)C1)C(F)(F)F)OCC1c2ccccc2-c2ccccc21. The molecule has 8 nitrogen and oxygen atoms in total. The van der Waals surface area contributed by atoms with Crippen molar-refractivity contribution in [3.63, 3.8) is 0 Å². The molecule has 1 aliphatic carbocycles. The number of alkyl carbamates (subject to hydrolysis) is 1. The number of benzene rings is 2. The molecule has 2 amide bonds. The largest absolute Gasteiger partial charge is 0.481 e. The molecule has 1 fully saturated rings. The van der Waals surface area contributed by atoms with E-state index in [1.54, 1.807) is 5.32 Å². The summed E-state index contributed by atoms with van der Waals surface area (Å²) in [4.78, 5) is 37.1. The van der Waals surface area contributed by atoms with Gasteiger partial charge in [-0.05, 0) is 22.3 Å². The summed E-state index contributed by atoms with van der Waals surface area (Å²) in [6.07, 6.45) is -6.52. The van der Waals surface area contributed by atoms with Crippen LogP contribution >= 0.6 is 0 Å². The lowest BCUT2D eigenvalue weighted by molar-refractivity contribution is -0.174. The van der Waals surface area contributed by atoms with Crippen LogP contribution < -0.4 is 5.32 Å².